The van der Waals surface area contributed by atoms with E-state index in [4.69, 9.17) is 5.73 Å². The summed E-state index contributed by atoms with van der Waals surface area (Å²) in [5.41, 5.74) is 6.84. The van der Waals surface area contributed by atoms with E-state index in [1.165, 1.54) is 11.0 Å². The maximum absolute atomic E-state index is 11.8. The molecule has 2 aromatic rings. The van der Waals surface area contributed by atoms with Crippen LogP contribution in [0, 0.1) is 0 Å². The van der Waals surface area contributed by atoms with Gasteiger partial charge in [0.2, 0.25) is 0 Å². The Bertz CT molecular complexity index is 630. The molecule has 4 N–H and O–H groups in total. The zero-order valence-electron chi connectivity index (χ0n) is 11.2. The highest BCUT2D eigenvalue weighted by molar-refractivity contribution is 6.03. The van der Waals surface area contributed by atoms with E-state index in [1.54, 1.807) is 38.4 Å². The van der Waals surface area contributed by atoms with Crippen molar-refractivity contribution >= 4 is 23.3 Å². The summed E-state index contributed by atoms with van der Waals surface area (Å²) in [6.45, 7) is 0. The van der Waals surface area contributed by atoms with Crippen LogP contribution in [0.3, 0.4) is 0 Å². The smallest absolute Gasteiger partial charge is 0.273 e. The van der Waals surface area contributed by atoms with Crippen molar-refractivity contribution in [2.24, 2.45) is 0 Å². The molecule has 0 fully saturated rings. The molecular weight excluding hydrogens is 258 g/mol. The third-order valence-corrected chi connectivity index (χ3v) is 2.64. The molecular formula is C13H15N5O2. The molecule has 0 aliphatic rings. The number of amides is 2. The average Bonchev–Trinajstić information content (AvgIpc) is 2.85. The number of nitrogens with zero attached hydrogens (tertiary/aromatic N) is 2. The number of hydrogen-bond donors (Lipinski definition) is 3. The Morgan fingerprint density at radius 2 is 1.90 bits per heavy atom. The molecule has 1 aromatic heterocycles. The fraction of sp³-hybridized carbons (Fsp3) is 0.154. The van der Waals surface area contributed by atoms with Crippen molar-refractivity contribution in [2.45, 2.75) is 0 Å². The molecule has 104 valence electrons. The largest absolute Gasteiger partial charge is 0.382 e. The van der Waals surface area contributed by atoms with Gasteiger partial charge in [-0.1, -0.05) is 0 Å². The van der Waals surface area contributed by atoms with Gasteiger partial charge in [-0.25, -0.2) is 0 Å². The fourth-order valence-corrected chi connectivity index (χ4v) is 1.61. The fourth-order valence-electron chi connectivity index (χ4n) is 1.61. The van der Waals surface area contributed by atoms with E-state index in [1.807, 2.05) is 0 Å². The van der Waals surface area contributed by atoms with Crippen molar-refractivity contribution in [3.05, 3.63) is 41.6 Å². The first kappa shape index (κ1) is 13.6. The molecule has 0 unspecified atom stereocenters. The summed E-state index contributed by atoms with van der Waals surface area (Å²) in [6.07, 6.45) is 0. The molecule has 0 bridgehead atoms. The third kappa shape index (κ3) is 2.94. The maximum atomic E-state index is 11.8. The van der Waals surface area contributed by atoms with Crippen molar-refractivity contribution < 1.29 is 9.59 Å². The van der Waals surface area contributed by atoms with Crippen molar-refractivity contribution in [3.63, 3.8) is 0 Å². The summed E-state index contributed by atoms with van der Waals surface area (Å²) >= 11 is 0. The quantitative estimate of drug-likeness (QED) is 0.774. The van der Waals surface area contributed by atoms with Gasteiger partial charge in [-0.3, -0.25) is 14.7 Å². The molecule has 1 aromatic carbocycles. The molecule has 20 heavy (non-hydrogen) atoms. The van der Waals surface area contributed by atoms with Crippen LogP contribution < -0.4 is 11.1 Å². The van der Waals surface area contributed by atoms with Crippen LogP contribution in [-0.2, 0) is 0 Å². The lowest BCUT2D eigenvalue weighted by molar-refractivity contribution is 0.0827. The molecule has 7 heteroatoms. The highest BCUT2D eigenvalue weighted by atomic mass is 16.2. The molecule has 7 nitrogen and oxygen atoms in total. The molecule has 0 saturated carbocycles. The van der Waals surface area contributed by atoms with Crippen LogP contribution in [0.4, 0.5) is 11.5 Å². The SMILES string of the molecule is CN(C)C(=O)c1ccc(NC(=O)c2cc(N)n[nH]2)cc1. The topological polar surface area (TPSA) is 104 Å². The van der Waals surface area contributed by atoms with Gasteiger partial charge in [0.15, 0.2) is 0 Å². The molecule has 0 spiro atoms. The summed E-state index contributed by atoms with van der Waals surface area (Å²) in [6, 6.07) is 8.07. The average molecular weight is 273 g/mol. The molecule has 0 radical (unpaired) electrons. The highest BCUT2D eigenvalue weighted by Crippen LogP contribution is 2.12. The van der Waals surface area contributed by atoms with Gasteiger partial charge < -0.3 is 16.0 Å². The first-order chi connectivity index (χ1) is 9.47. The van der Waals surface area contributed by atoms with Crippen LogP contribution in [0.1, 0.15) is 20.8 Å². The van der Waals surface area contributed by atoms with Crippen LogP contribution in [0.25, 0.3) is 0 Å². The normalized spacial score (nSPS) is 10.1. The van der Waals surface area contributed by atoms with Crippen molar-refractivity contribution in [2.75, 3.05) is 25.1 Å². The van der Waals surface area contributed by atoms with Crippen LogP contribution in [0.2, 0.25) is 0 Å². The molecule has 0 atom stereocenters. The number of hydrogen-bond acceptors (Lipinski definition) is 4. The lowest BCUT2D eigenvalue weighted by Gasteiger charge is -2.10. The van der Waals surface area contributed by atoms with Crippen LogP contribution >= 0.6 is 0 Å². The van der Waals surface area contributed by atoms with Crippen LogP contribution in [0.15, 0.2) is 30.3 Å². The first-order valence-corrected chi connectivity index (χ1v) is 5.91. The number of nitrogens with one attached hydrogen (secondary N) is 2. The van der Waals surface area contributed by atoms with Crippen LogP contribution in [0.5, 0.6) is 0 Å². The molecule has 2 rings (SSSR count). The molecule has 0 saturated heterocycles. The monoisotopic (exact) mass is 273 g/mol. The Hall–Kier alpha value is -2.83. The van der Waals surface area contributed by atoms with Gasteiger partial charge in [-0.15, -0.1) is 0 Å². The number of benzene rings is 1. The van der Waals surface area contributed by atoms with Crippen molar-refractivity contribution in [1.29, 1.82) is 0 Å². The van der Waals surface area contributed by atoms with Gasteiger partial charge in [0, 0.05) is 31.4 Å². The number of rotatable bonds is 3. The second-order valence-electron chi connectivity index (χ2n) is 4.44. The summed E-state index contributed by atoms with van der Waals surface area (Å²) < 4.78 is 0. The summed E-state index contributed by atoms with van der Waals surface area (Å²) in [4.78, 5) is 25.0. The second kappa shape index (κ2) is 5.43. The minimum Gasteiger partial charge on any atom is -0.382 e. The van der Waals surface area contributed by atoms with Gasteiger partial charge in [-0.2, -0.15) is 5.10 Å². The Kier molecular flexibility index (Phi) is 3.69. The van der Waals surface area contributed by atoms with E-state index in [0.29, 0.717) is 11.3 Å². The van der Waals surface area contributed by atoms with Gasteiger partial charge >= 0.3 is 0 Å². The second-order valence-corrected chi connectivity index (χ2v) is 4.44. The zero-order valence-corrected chi connectivity index (χ0v) is 11.2. The minimum absolute atomic E-state index is 0.0933. The Morgan fingerprint density at radius 3 is 2.40 bits per heavy atom. The molecule has 1 heterocycles. The highest BCUT2D eigenvalue weighted by Gasteiger charge is 2.10. The number of H-pyrrole nitrogens is 1. The minimum atomic E-state index is -0.346. The number of aromatic nitrogens is 2. The summed E-state index contributed by atoms with van der Waals surface area (Å²) in [7, 11) is 3.36. The van der Waals surface area contributed by atoms with Gasteiger partial charge in [0.25, 0.3) is 11.8 Å². The third-order valence-electron chi connectivity index (χ3n) is 2.64. The number of aromatic amines is 1. The summed E-state index contributed by atoms with van der Waals surface area (Å²) in [5, 5.41) is 8.88. The molecule has 0 aliphatic heterocycles. The Balaban J connectivity index is 2.07. The Labute approximate surface area is 115 Å². The van der Waals surface area contributed by atoms with Crippen LogP contribution in [-0.4, -0.2) is 41.0 Å². The number of anilines is 2. The molecule has 0 aliphatic carbocycles. The van der Waals surface area contributed by atoms with E-state index in [9.17, 15) is 9.59 Å². The van der Waals surface area contributed by atoms with E-state index in [2.05, 4.69) is 15.5 Å². The van der Waals surface area contributed by atoms with E-state index in [-0.39, 0.29) is 23.3 Å². The standard InChI is InChI=1S/C13H15N5O2/c1-18(2)13(20)8-3-5-9(6-4-8)15-12(19)10-7-11(14)17-16-10/h3-7H,1-2H3,(H,15,19)(H3,14,16,17). The van der Waals surface area contributed by atoms with E-state index >= 15 is 0 Å². The number of carbonyl (C=O) groups excluding carboxylic acids is 2. The van der Waals surface area contributed by atoms with Gasteiger partial charge in [0.1, 0.15) is 11.5 Å². The maximum Gasteiger partial charge on any atom is 0.273 e. The zero-order chi connectivity index (χ0) is 14.7. The van der Waals surface area contributed by atoms with Gasteiger partial charge in [0.05, 0.1) is 0 Å². The first-order valence-electron chi connectivity index (χ1n) is 5.91. The lowest BCUT2D eigenvalue weighted by atomic mass is 10.2. The number of carbonyl (C=O) groups is 2. The predicted molar refractivity (Wildman–Crippen MR) is 75.4 cm³/mol. The molecule has 2 amide bonds. The lowest BCUT2D eigenvalue weighted by Crippen LogP contribution is -2.21. The number of nitrogen functional groups attached to an aromatic ring is 1. The Morgan fingerprint density at radius 1 is 1.25 bits per heavy atom. The van der Waals surface area contributed by atoms with Gasteiger partial charge in [-0.05, 0) is 24.3 Å². The van der Waals surface area contributed by atoms with E-state index in [0.717, 1.165) is 0 Å². The predicted octanol–water partition coefficient (Wildman–Crippen LogP) is 0.946. The number of nitrogens with two attached hydrogens (primary N) is 1. The van der Waals surface area contributed by atoms with E-state index < -0.39 is 0 Å². The summed E-state index contributed by atoms with van der Waals surface area (Å²) in [5.74, 6) is -0.188. The van der Waals surface area contributed by atoms with Crippen molar-refractivity contribution in [1.82, 2.24) is 15.1 Å². The van der Waals surface area contributed by atoms with Crippen molar-refractivity contribution in [3.8, 4) is 0 Å².